The molecular weight excluding hydrogens is 416 g/mol. The fourth-order valence-corrected chi connectivity index (χ4v) is 4.00. The number of carbonyl (C=O) groups is 1. The van der Waals surface area contributed by atoms with Crippen LogP contribution in [0.4, 0.5) is 5.69 Å². The van der Waals surface area contributed by atoms with Gasteiger partial charge in [-0.1, -0.05) is 45.0 Å². The van der Waals surface area contributed by atoms with Gasteiger partial charge in [0.2, 0.25) is 15.9 Å². The molecular formula is C23H32N2O5S. The fourth-order valence-electron chi connectivity index (χ4n) is 3.15. The van der Waals surface area contributed by atoms with Gasteiger partial charge in [-0.05, 0) is 35.6 Å². The van der Waals surface area contributed by atoms with Gasteiger partial charge in [0, 0.05) is 6.07 Å². The Morgan fingerprint density at radius 3 is 2.16 bits per heavy atom. The molecule has 2 aromatic carbocycles. The van der Waals surface area contributed by atoms with Crippen molar-refractivity contribution in [3.05, 3.63) is 53.6 Å². The number of sulfonamides is 1. The summed E-state index contributed by atoms with van der Waals surface area (Å²) in [5.41, 5.74) is 2.41. The maximum atomic E-state index is 12.7. The van der Waals surface area contributed by atoms with Crippen LogP contribution in [-0.4, -0.2) is 41.3 Å². The monoisotopic (exact) mass is 448 g/mol. The zero-order chi connectivity index (χ0) is 23.4. The van der Waals surface area contributed by atoms with Crippen molar-refractivity contribution in [3.63, 3.8) is 0 Å². The molecule has 170 valence electrons. The van der Waals surface area contributed by atoms with Crippen LogP contribution in [0.1, 0.15) is 44.9 Å². The summed E-state index contributed by atoms with van der Waals surface area (Å²) in [5, 5.41) is 2.88. The van der Waals surface area contributed by atoms with E-state index < -0.39 is 15.9 Å². The zero-order valence-corrected chi connectivity index (χ0v) is 20.0. The second kappa shape index (κ2) is 9.60. The van der Waals surface area contributed by atoms with Crippen LogP contribution in [0.25, 0.3) is 0 Å². The Balaban J connectivity index is 2.22. The van der Waals surface area contributed by atoms with E-state index in [2.05, 4.69) is 26.1 Å². The van der Waals surface area contributed by atoms with E-state index in [-0.39, 0.29) is 23.7 Å². The van der Waals surface area contributed by atoms with Crippen LogP contribution in [0.3, 0.4) is 0 Å². The number of anilines is 1. The highest BCUT2D eigenvalue weighted by atomic mass is 32.2. The quantitative estimate of drug-likeness (QED) is 0.666. The molecule has 0 fully saturated rings. The zero-order valence-electron chi connectivity index (χ0n) is 19.2. The first kappa shape index (κ1) is 24.5. The molecule has 0 bridgehead atoms. The van der Waals surface area contributed by atoms with Crippen molar-refractivity contribution in [2.24, 2.45) is 0 Å². The smallest absolute Gasteiger partial charge is 0.241 e. The number of carbonyl (C=O) groups excluding carboxylic acids is 1. The largest absolute Gasteiger partial charge is 0.497 e. The van der Waals surface area contributed by atoms with Crippen molar-refractivity contribution < 1.29 is 22.7 Å². The lowest BCUT2D eigenvalue weighted by Crippen LogP contribution is -2.41. The molecule has 7 nitrogen and oxygen atoms in total. The lowest BCUT2D eigenvalue weighted by atomic mass is 9.86. The molecule has 1 atom stereocenters. The predicted molar refractivity (Wildman–Crippen MR) is 123 cm³/mol. The van der Waals surface area contributed by atoms with Crippen LogP contribution >= 0.6 is 0 Å². The van der Waals surface area contributed by atoms with Gasteiger partial charge in [0.15, 0.2) is 0 Å². The lowest BCUT2D eigenvalue weighted by molar-refractivity contribution is -0.120. The standard InChI is InChI=1S/C23H32N2O5S/c1-16(17-8-10-18(11-9-17)23(2,3)4)24-22(26)15-25(31(7,27)28)20-14-19(29-5)12-13-21(20)30-6/h8-14,16H,15H2,1-7H3,(H,24,26). The minimum atomic E-state index is -3.76. The SMILES string of the molecule is COc1ccc(OC)c(N(CC(=O)NC(C)c2ccc(C(C)(C)C)cc2)S(C)(=O)=O)c1. The number of hydrogen-bond donors (Lipinski definition) is 1. The molecule has 0 saturated carbocycles. The van der Waals surface area contributed by atoms with Gasteiger partial charge >= 0.3 is 0 Å². The van der Waals surface area contributed by atoms with Gasteiger partial charge in [0.1, 0.15) is 18.0 Å². The van der Waals surface area contributed by atoms with Gasteiger partial charge in [-0.15, -0.1) is 0 Å². The van der Waals surface area contributed by atoms with E-state index in [1.54, 1.807) is 12.1 Å². The van der Waals surface area contributed by atoms with E-state index >= 15 is 0 Å². The number of benzene rings is 2. The maximum Gasteiger partial charge on any atom is 0.241 e. The molecule has 0 aliphatic carbocycles. The highest BCUT2D eigenvalue weighted by molar-refractivity contribution is 7.92. The fraction of sp³-hybridized carbons (Fsp3) is 0.435. The number of rotatable bonds is 8. The first-order valence-corrected chi connectivity index (χ1v) is 11.8. The number of nitrogens with one attached hydrogen (secondary N) is 1. The summed E-state index contributed by atoms with van der Waals surface area (Å²) >= 11 is 0. The van der Waals surface area contributed by atoms with E-state index in [4.69, 9.17) is 9.47 Å². The molecule has 1 amide bonds. The van der Waals surface area contributed by atoms with Crippen LogP contribution < -0.4 is 19.1 Å². The van der Waals surface area contributed by atoms with Crippen molar-refractivity contribution >= 4 is 21.6 Å². The molecule has 2 aromatic rings. The summed E-state index contributed by atoms with van der Waals surface area (Å²) in [5.74, 6) is 0.352. The Morgan fingerprint density at radius 1 is 1.06 bits per heavy atom. The number of hydrogen-bond acceptors (Lipinski definition) is 5. The minimum Gasteiger partial charge on any atom is -0.497 e. The molecule has 0 heterocycles. The van der Waals surface area contributed by atoms with Gasteiger partial charge in [-0.2, -0.15) is 0 Å². The van der Waals surface area contributed by atoms with Crippen LogP contribution in [0.5, 0.6) is 11.5 Å². The van der Waals surface area contributed by atoms with E-state index in [1.807, 2.05) is 31.2 Å². The second-order valence-electron chi connectivity index (χ2n) is 8.47. The van der Waals surface area contributed by atoms with Crippen LogP contribution in [0, 0.1) is 0 Å². The van der Waals surface area contributed by atoms with Crippen LogP contribution in [-0.2, 0) is 20.2 Å². The Bertz CT molecular complexity index is 1010. The van der Waals surface area contributed by atoms with E-state index in [0.717, 1.165) is 16.1 Å². The van der Waals surface area contributed by atoms with Gasteiger partial charge in [0.25, 0.3) is 0 Å². The molecule has 0 spiro atoms. The van der Waals surface area contributed by atoms with Crippen molar-refractivity contribution in [2.45, 2.75) is 39.2 Å². The Labute approximate surface area is 185 Å². The average Bonchev–Trinajstić information content (AvgIpc) is 2.70. The number of methoxy groups -OCH3 is 2. The second-order valence-corrected chi connectivity index (χ2v) is 10.4. The third-order valence-corrected chi connectivity index (χ3v) is 6.12. The molecule has 0 aliphatic heterocycles. The van der Waals surface area contributed by atoms with Crippen molar-refractivity contribution in [2.75, 3.05) is 31.3 Å². The van der Waals surface area contributed by atoms with Gasteiger partial charge in [-0.3, -0.25) is 9.10 Å². The lowest BCUT2D eigenvalue weighted by Gasteiger charge is -2.25. The average molecular weight is 449 g/mol. The summed E-state index contributed by atoms with van der Waals surface area (Å²) in [6.45, 7) is 7.90. The first-order chi connectivity index (χ1) is 14.4. The summed E-state index contributed by atoms with van der Waals surface area (Å²) in [6.07, 6.45) is 1.05. The van der Waals surface area contributed by atoms with Gasteiger partial charge in [-0.25, -0.2) is 8.42 Å². The molecule has 1 N–H and O–H groups in total. The summed E-state index contributed by atoms with van der Waals surface area (Å²) in [6, 6.07) is 12.5. The third kappa shape index (κ3) is 6.37. The molecule has 0 saturated heterocycles. The molecule has 2 rings (SSSR count). The van der Waals surface area contributed by atoms with Gasteiger partial charge < -0.3 is 14.8 Å². The maximum absolute atomic E-state index is 12.7. The van der Waals surface area contributed by atoms with E-state index in [9.17, 15) is 13.2 Å². The number of ether oxygens (including phenoxy) is 2. The third-order valence-electron chi connectivity index (χ3n) is 5.00. The topological polar surface area (TPSA) is 84.9 Å². The number of nitrogens with zero attached hydrogens (tertiary/aromatic N) is 1. The summed E-state index contributed by atoms with van der Waals surface area (Å²) < 4.78 is 36.5. The van der Waals surface area contributed by atoms with E-state index in [1.165, 1.54) is 25.8 Å². The van der Waals surface area contributed by atoms with Gasteiger partial charge in [0.05, 0.1) is 32.2 Å². The molecule has 8 heteroatoms. The Kier molecular flexibility index (Phi) is 7.59. The van der Waals surface area contributed by atoms with Crippen LogP contribution in [0.2, 0.25) is 0 Å². The molecule has 0 aromatic heterocycles. The van der Waals surface area contributed by atoms with Crippen LogP contribution in [0.15, 0.2) is 42.5 Å². The molecule has 0 radical (unpaired) electrons. The highest BCUT2D eigenvalue weighted by Crippen LogP contribution is 2.33. The highest BCUT2D eigenvalue weighted by Gasteiger charge is 2.25. The first-order valence-electron chi connectivity index (χ1n) is 9.96. The molecule has 1 unspecified atom stereocenters. The van der Waals surface area contributed by atoms with Crippen molar-refractivity contribution in [3.8, 4) is 11.5 Å². The van der Waals surface area contributed by atoms with Crippen molar-refractivity contribution in [1.29, 1.82) is 0 Å². The number of amides is 1. The summed E-state index contributed by atoms with van der Waals surface area (Å²) in [4.78, 5) is 12.7. The van der Waals surface area contributed by atoms with Crippen molar-refractivity contribution in [1.82, 2.24) is 5.32 Å². The Hall–Kier alpha value is -2.74. The minimum absolute atomic E-state index is 0.0385. The molecule has 0 aliphatic rings. The Morgan fingerprint density at radius 2 is 1.68 bits per heavy atom. The molecule has 31 heavy (non-hydrogen) atoms. The summed E-state index contributed by atoms with van der Waals surface area (Å²) in [7, 11) is -0.835. The predicted octanol–water partition coefficient (Wildman–Crippen LogP) is 3.64. The van der Waals surface area contributed by atoms with E-state index in [0.29, 0.717) is 11.5 Å². The normalized spacial score (nSPS) is 12.7.